The third kappa shape index (κ3) is 4.31. The molecule has 5 nitrogen and oxygen atoms in total. The van der Waals surface area contributed by atoms with Crippen molar-refractivity contribution in [3.8, 4) is 0 Å². The summed E-state index contributed by atoms with van der Waals surface area (Å²) in [5.41, 5.74) is 1.05. The van der Waals surface area contributed by atoms with Gasteiger partial charge in [0.1, 0.15) is 12.7 Å². The molecule has 0 radical (unpaired) electrons. The van der Waals surface area contributed by atoms with Crippen LogP contribution in [0.25, 0.3) is 0 Å². The fourth-order valence-electron chi connectivity index (χ4n) is 1.99. The number of carbonyl (C=O) groups excluding carboxylic acids is 1. The quantitative estimate of drug-likeness (QED) is 0.824. The van der Waals surface area contributed by atoms with E-state index in [4.69, 9.17) is 14.2 Å². The number of carbonyl (C=O) groups is 1. The van der Waals surface area contributed by atoms with E-state index in [0.717, 1.165) is 5.56 Å². The highest BCUT2D eigenvalue weighted by atomic mass is 16.5. The summed E-state index contributed by atoms with van der Waals surface area (Å²) in [6.07, 6.45) is -0.0712. The number of hydrogen-bond acceptors (Lipinski definition) is 4. The average Bonchev–Trinajstić information content (AvgIpc) is 2.87. The summed E-state index contributed by atoms with van der Waals surface area (Å²) in [4.78, 5) is 11.7. The smallest absolute Gasteiger partial charge is 0.246 e. The van der Waals surface area contributed by atoms with Crippen molar-refractivity contribution in [2.75, 3.05) is 26.9 Å². The second kappa shape index (κ2) is 7.23. The zero-order chi connectivity index (χ0) is 13.5. The fraction of sp³-hybridized carbons (Fsp3) is 0.500. The molecule has 1 aliphatic rings. The second-order valence-electron chi connectivity index (χ2n) is 4.46. The van der Waals surface area contributed by atoms with Crippen LogP contribution in [0.5, 0.6) is 0 Å². The third-order valence-corrected chi connectivity index (χ3v) is 3.02. The van der Waals surface area contributed by atoms with Gasteiger partial charge >= 0.3 is 0 Å². The first-order valence-electron chi connectivity index (χ1n) is 6.31. The summed E-state index contributed by atoms with van der Waals surface area (Å²) < 4.78 is 15.8. The normalized spacial score (nSPS) is 22.4. The first-order valence-corrected chi connectivity index (χ1v) is 6.31. The summed E-state index contributed by atoms with van der Waals surface area (Å²) in [5.74, 6) is -0.145. The highest BCUT2D eigenvalue weighted by Gasteiger charge is 2.29. The Morgan fingerprint density at radius 1 is 1.37 bits per heavy atom. The van der Waals surface area contributed by atoms with E-state index < -0.39 is 0 Å². The molecule has 2 rings (SSSR count). The standard InChI is InChI=1S/C14H19NO4/c1-17-13-9-19-8-12(13)15-14(16)10-18-7-11-5-3-2-4-6-11/h2-6,12-13H,7-10H2,1H3,(H,15,16)/t12-,13-/m0/s1. The van der Waals surface area contributed by atoms with Gasteiger partial charge in [0.05, 0.1) is 25.9 Å². The predicted molar refractivity (Wildman–Crippen MR) is 69.6 cm³/mol. The highest BCUT2D eigenvalue weighted by Crippen LogP contribution is 2.08. The van der Waals surface area contributed by atoms with Gasteiger partial charge in [0.25, 0.3) is 0 Å². The molecule has 1 N–H and O–H groups in total. The Hall–Kier alpha value is -1.43. The van der Waals surface area contributed by atoms with Gasteiger partial charge < -0.3 is 19.5 Å². The van der Waals surface area contributed by atoms with Crippen LogP contribution in [0.2, 0.25) is 0 Å². The number of hydrogen-bond donors (Lipinski definition) is 1. The van der Waals surface area contributed by atoms with Gasteiger partial charge in [-0.25, -0.2) is 0 Å². The van der Waals surface area contributed by atoms with Gasteiger partial charge in [-0.3, -0.25) is 4.79 Å². The van der Waals surface area contributed by atoms with Crippen molar-refractivity contribution in [1.29, 1.82) is 0 Å². The molecule has 1 aromatic rings. The molecule has 1 amide bonds. The lowest BCUT2D eigenvalue weighted by atomic mass is 10.2. The number of methoxy groups -OCH3 is 1. The Kier molecular flexibility index (Phi) is 5.32. The molecule has 104 valence electrons. The maximum Gasteiger partial charge on any atom is 0.246 e. The van der Waals surface area contributed by atoms with Crippen LogP contribution < -0.4 is 5.32 Å². The molecule has 19 heavy (non-hydrogen) atoms. The lowest BCUT2D eigenvalue weighted by Crippen LogP contribution is -2.44. The first-order chi connectivity index (χ1) is 9.29. The van der Waals surface area contributed by atoms with Crippen LogP contribution in [0.3, 0.4) is 0 Å². The van der Waals surface area contributed by atoms with E-state index in [1.54, 1.807) is 7.11 Å². The number of benzene rings is 1. The molecule has 0 bridgehead atoms. The van der Waals surface area contributed by atoms with Crippen LogP contribution in [-0.2, 0) is 25.6 Å². The van der Waals surface area contributed by atoms with E-state index in [0.29, 0.717) is 19.8 Å². The van der Waals surface area contributed by atoms with Gasteiger partial charge in [-0.05, 0) is 5.56 Å². The lowest BCUT2D eigenvalue weighted by Gasteiger charge is -2.17. The first kappa shape index (κ1) is 14.0. The van der Waals surface area contributed by atoms with Crippen LogP contribution in [-0.4, -0.2) is 45.0 Å². The van der Waals surface area contributed by atoms with E-state index in [2.05, 4.69) is 5.32 Å². The maximum atomic E-state index is 11.7. The average molecular weight is 265 g/mol. The molecule has 2 atom stereocenters. The maximum absolute atomic E-state index is 11.7. The van der Waals surface area contributed by atoms with Crippen molar-refractivity contribution >= 4 is 5.91 Å². The monoisotopic (exact) mass is 265 g/mol. The van der Waals surface area contributed by atoms with Crippen LogP contribution in [0.1, 0.15) is 5.56 Å². The summed E-state index contributed by atoms with van der Waals surface area (Å²) in [7, 11) is 1.62. The van der Waals surface area contributed by atoms with E-state index in [1.807, 2.05) is 30.3 Å². The van der Waals surface area contributed by atoms with Crippen LogP contribution in [0.15, 0.2) is 30.3 Å². The summed E-state index contributed by atoms with van der Waals surface area (Å²) in [6.45, 7) is 1.49. The number of ether oxygens (including phenoxy) is 3. The minimum atomic E-state index is -0.145. The van der Waals surface area contributed by atoms with Gasteiger partial charge in [-0.15, -0.1) is 0 Å². The van der Waals surface area contributed by atoms with Gasteiger partial charge in [0, 0.05) is 7.11 Å². The molecular formula is C14H19NO4. The molecule has 0 unspecified atom stereocenters. The fourth-order valence-corrected chi connectivity index (χ4v) is 1.99. The van der Waals surface area contributed by atoms with Crippen LogP contribution >= 0.6 is 0 Å². The molecule has 0 aromatic heterocycles. The summed E-state index contributed by atoms with van der Waals surface area (Å²) in [5, 5.41) is 2.85. The Balaban J connectivity index is 1.67. The predicted octanol–water partition coefficient (Wildman–Crippen LogP) is 0.733. The Morgan fingerprint density at radius 3 is 2.89 bits per heavy atom. The molecule has 5 heteroatoms. The van der Waals surface area contributed by atoms with Crippen molar-refractivity contribution in [3.63, 3.8) is 0 Å². The van der Waals surface area contributed by atoms with E-state index >= 15 is 0 Å². The third-order valence-electron chi connectivity index (χ3n) is 3.02. The number of rotatable bonds is 6. The second-order valence-corrected chi connectivity index (χ2v) is 4.46. The Bertz CT molecular complexity index is 396. The molecule has 1 fully saturated rings. The molecule has 1 heterocycles. The summed E-state index contributed by atoms with van der Waals surface area (Å²) in [6, 6.07) is 9.67. The van der Waals surface area contributed by atoms with Gasteiger partial charge in [-0.2, -0.15) is 0 Å². The molecule has 1 aromatic carbocycles. The highest BCUT2D eigenvalue weighted by molar-refractivity contribution is 5.77. The van der Waals surface area contributed by atoms with Crippen molar-refractivity contribution in [2.24, 2.45) is 0 Å². The Morgan fingerprint density at radius 2 is 2.16 bits per heavy atom. The SMILES string of the molecule is CO[C@H]1COC[C@@H]1NC(=O)COCc1ccccc1. The topological polar surface area (TPSA) is 56.8 Å². The lowest BCUT2D eigenvalue weighted by molar-refractivity contribution is -0.127. The number of nitrogens with one attached hydrogen (secondary N) is 1. The van der Waals surface area contributed by atoms with Crippen molar-refractivity contribution in [3.05, 3.63) is 35.9 Å². The van der Waals surface area contributed by atoms with Crippen LogP contribution in [0.4, 0.5) is 0 Å². The van der Waals surface area contributed by atoms with Crippen molar-refractivity contribution in [1.82, 2.24) is 5.32 Å². The molecule has 0 saturated carbocycles. The van der Waals surface area contributed by atoms with E-state index in [9.17, 15) is 4.79 Å². The molecule has 1 aliphatic heterocycles. The van der Waals surface area contributed by atoms with E-state index in [-0.39, 0.29) is 24.7 Å². The van der Waals surface area contributed by atoms with Crippen molar-refractivity contribution < 1.29 is 19.0 Å². The van der Waals surface area contributed by atoms with Gasteiger partial charge in [-0.1, -0.05) is 30.3 Å². The minimum absolute atomic E-state index is 0.0435. The van der Waals surface area contributed by atoms with Crippen LogP contribution in [0, 0.1) is 0 Å². The van der Waals surface area contributed by atoms with Gasteiger partial charge in [0.2, 0.25) is 5.91 Å². The minimum Gasteiger partial charge on any atom is -0.377 e. The van der Waals surface area contributed by atoms with E-state index in [1.165, 1.54) is 0 Å². The molecule has 0 spiro atoms. The van der Waals surface area contributed by atoms with Crippen molar-refractivity contribution in [2.45, 2.75) is 18.8 Å². The number of amides is 1. The van der Waals surface area contributed by atoms with Gasteiger partial charge in [0.15, 0.2) is 0 Å². The molecule has 1 saturated heterocycles. The Labute approximate surface area is 112 Å². The molecular weight excluding hydrogens is 246 g/mol. The zero-order valence-corrected chi connectivity index (χ0v) is 11.0. The zero-order valence-electron chi connectivity index (χ0n) is 11.0. The molecule has 0 aliphatic carbocycles. The largest absolute Gasteiger partial charge is 0.377 e. The summed E-state index contributed by atoms with van der Waals surface area (Å²) >= 11 is 0.